The molecule has 1 aromatic carbocycles. The zero-order chi connectivity index (χ0) is 11.4. The van der Waals surface area contributed by atoms with Crippen molar-refractivity contribution < 1.29 is 14.3 Å². The van der Waals surface area contributed by atoms with Crippen LogP contribution in [0.3, 0.4) is 0 Å². The summed E-state index contributed by atoms with van der Waals surface area (Å²) in [5.74, 6) is 0.0960. The summed E-state index contributed by atoms with van der Waals surface area (Å²) in [5, 5.41) is 0. The van der Waals surface area contributed by atoms with Gasteiger partial charge in [0.15, 0.2) is 6.29 Å². The molecular weight excluding hydrogens is 204 g/mol. The van der Waals surface area contributed by atoms with Crippen LogP contribution in [-0.2, 0) is 14.3 Å². The van der Waals surface area contributed by atoms with Crippen LogP contribution in [-0.4, -0.2) is 18.7 Å². The Labute approximate surface area is 95.4 Å². The summed E-state index contributed by atoms with van der Waals surface area (Å²) in [7, 11) is 0. The first-order valence-corrected chi connectivity index (χ1v) is 5.57. The highest BCUT2D eigenvalue weighted by atomic mass is 16.7. The second-order valence-electron chi connectivity index (χ2n) is 4.03. The molecule has 3 heteroatoms. The third kappa shape index (κ3) is 2.90. The largest absolute Gasteiger partial charge is 0.352 e. The first kappa shape index (κ1) is 11.3. The number of carbonyl (C=O) groups is 1. The molecule has 0 aliphatic carbocycles. The maximum absolute atomic E-state index is 11.0. The number of ether oxygens (including phenoxy) is 2. The molecule has 2 unspecified atom stereocenters. The van der Waals surface area contributed by atoms with Gasteiger partial charge in [-0.2, -0.15) is 0 Å². The fourth-order valence-electron chi connectivity index (χ4n) is 1.85. The maximum atomic E-state index is 11.0. The lowest BCUT2D eigenvalue weighted by molar-refractivity contribution is -0.215. The third-order valence-corrected chi connectivity index (χ3v) is 2.63. The normalized spacial score (nSPS) is 25.3. The Morgan fingerprint density at radius 3 is 2.81 bits per heavy atom. The van der Waals surface area contributed by atoms with Crippen LogP contribution in [0.25, 0.3) is 0 Å². The Morgan fingerprint density at radius 1 is 1.38 bits per heavy atom. The minimum atomic E-state index is -0.378. The smallest absolute Gasteiger partial charge is 0.165 e. The Bertz CT molecular complexity index is 347. The molecule has 0 saturated carbocycles. The van der Waals surface area contributed by atoms with Gasteiger partial charge in [-0.3, -0.25) is 4.79 Å². The van der Waals surface area contributed by atoms with Gasteiger partial charge in [0.25, 0.3) is 0 Å². The van der Waals surface area contributed by atoms with Gasteiger partial charge in [-0.25, -0.2) is 0 Å². The molecule has 2 atom stereocenters. The van der Waals surface area contributed by atoms with Crippen molar-refractivity contribution in [1.82, 2.24) is 0 Å². The van der Waals surface area contributed by atoms with Gasteiger partial charge >= 0.3 is 0 Å². The summed E-state index contributed by atoms with van der Waals surface area (Å²) in [6.07, 6.45) is 0.859. The number of Topliss-reactive ketones (excluding diaryl/α,β-unsaturated/α-hetero) is 1. The van der Waals surface area contributed by atoms with Crippen LogP contribution >= 0.6 is 0 Å². The molecule has 0 N–H and O–H groups in total. The van der Waals surface area contributed by atoms with Gasteiger partial charge < -0.3 is 9.47 Å². The molecule has 1 aliphatic rings. The van der Waals surface area contributed by atoms with Gasteiger partial charge in [0, 0.05) is 6.42 Å². The topological polar surface area (TPSA) is 35.5 Å². The molecule has 1 aliphatic heterocycles. The fraction of sp³-hybridized carbons (Fsp3) is 0.462. The molecule has 1 aromatic rings. The molecule has 0 aromatic heterocycles. The minimum absolute atomic E-state index is 0.0549. The lowest BCUT2D eigenvalue weighted by Crippen LogP contribution is -2.29. The van der Waals surface area contributed by atoms with E-state index in [-0.39, 0.29) is 18.2 Å². The average Bonchev–Trinajstić information content (AvgIpc) is 2.30. The average molecular weight is 220 g/mol. The zero-order valence-corrected chi connectivity index (χ0v) is 9.39. The summed E-state index contributed by atoms with van der Waals surface area (Å²) >= 11 is 0. The maximum Gasteiger partial charge on any atom is 0.165 e. The molecular formula is C13H16O3. The summed E-state index contributed by atoms with van der Waals surface area (Å²) in [5.41, 5.74) is 1.15. The monoisotopic (exact) mass is 220 g/mol. The second-order valence-corrected chi connectivity index (χ2v) is 4.03. The molecule has 0 spiro atoms. The number of benzene rings is 1. The molecule has 1 heterocycles. The first-order chi connectivity index (χ1) is 7.75. The van der Waals surface area contributed by atoms with E-state index in [1.54, 1.807) is 6.92 Å². The van der Waals surface area contributed by atoms with Gasteiger partial charge in [0.05, 0.1) is 19.1 Å². The third-order valence-electron chi connectivity index (χ3n) is 2.63. The van der Waals surface area contributed by atoms with E-state index in [1.807, 2.05) is 30.3 Å². The van der Waals surface area contributed by atoms with Gasteiger partial charge in [-0.05, 0) is 12.5 Å². The predicted molar refractivity (Wildman–Crippen MR) is 59.9 cm³/mol. The van der Waals surface area contributed by atoms with Crippen LogP contribution < -0.4 is 0 Å². The highest BCUT2D eigenvalue weighted by molar-refractivity contribution is 5.75. The Hall–Kier alpha value is -1.19. The standard InChI is InChI=1S/C13H16O3/c1-10(14)9-13-15-8-7-12(16-13)11-5-3-2-4-6-11/h2-6,12-13H,7-9H2,1H3. The van der Waals surface area contributed by atoms with E-state index >= 15 is 0 Å². The zero-order valence-electron chi connectivity index (χ0n) is 9.39. The molecule has 16 heavy (non-hydrogen) atoms. The summed E-state index contributed by atoms with van der Waals surface area (Å²) in [6.45, 7) is 2.20. The first-order valence-electron chi connectivity index (χ1n) is 5.57. The van der Waals surface area contributed by atoms with E-state index in [0.717, 1.165) is 12.0 Å². The molecule has 0 amide bonds. The molecule has 86 valence electrons. The quantitative estimate of drug-likeness (QED) is 0.785. The van der Waals surface area contributed by atoms with Crippen LogP contribution in [0.5, 0.6) is 0 Å². The van der Waals surface area contributed by atoms with Gasteiger partial charge in [0.2, 0.25) is 0 Å². The van der Waals surface area contributed by atoms with E-state index < -0.39 is 0 Å². The number of hydrogen-bond acceptors (Lipinski definition) is 3. The molecule has 1 saturated heterocycles. The molecule has 3 nitrogen and oxygen atoms in total. The van der Waals surface area contributed by atoms with Crippen LogP contribution in [0.4, 0.5) is 0 Å². The number of hydrogen-bond donors (Lipinski definition) is 0. The number of ketones is 1. The molecule has 0 bridgehead atoms. The van der Waals surface area contributed by atoms with Crippen molar-refractivity contribution in [3.8, 4) is 0 Å². The molecule has 0 radical (unpaired) electrons. The number of carbonyl (C=O) groups excluding carboxylic acids is 1. The van der Waals surface area contributed by atoms with Crippen LogP contribution in [0, 0.1) is 0 Å². The van der Waals surface area contributed by atoms with Crippen molar-refractivity contribution in [2.45, 2.75) is 32.2 Å². The number of rotatable bonds is 3. The Kier molecular flexibility index (Phi) is 3.70. The lowest BCUT2D eigenvalue weighted by atomic mass is 10.1. The van der Waals surface area contributed by atoms with Crippen molar-refractivity contribution in [2.24, 2.45) is 0 Å². The van der Waals surface area contributed by atoms with Crippen molar-refractivity contribution in [3.05, 3.63) is 35.9 Å². The fourth-order valence-corrected chi connectivity index (χ4v) is 1.85. The summed E-state index contributed by atoms with van der Waals surface area (Å²) in [4.78, 5) is 11.0. The molecule has 2 rings (SSSR count). The van der Waals surface area contributed by atoms with Crippen molar-refractivity contribution >= 4 is 5.78 Å². The van der Waals surface area contributed by atoms with Gasteiger partial charge in [0.1, 0.15) is 5.78 Å². The Morgan fingerprint density at radius 2 is 2.12 bits per heavy atom. The van der Waals surface area contributed by atoms with E-state index in [4.69, 9.17) is 9.47 Å². The van der Waals surface area contributed by atoms with E-state index in [2.05, 4.69) is 0 Å². The highest BCUT2D eigenvalue weighted by Gasteiger charge is 2.24. The van der Waals surface area contributed by atoms with Crippen LogP contribution in [0.15, 0.2) is 30.3 Å². The lowest BCUT2D eigenvalue weighted by Gasteiger charge is -2.30. The van der Waals surface area contributed by atoms with Gasteiger partial charge in [-0.15, -0.1) is 0 Å². The van der Waals surface area contributed by atoms with E-state index in [1.165, 1.54) is 0 Å². The van der Waals surface area contributed by atoms with E-state index in [0.29, 0.717) is 13.0 Å². The van der Waals surface area contributed by atoms with Crippen molar-refractivity contribution in [3.63, 3.8) is 0 Å². The molecule has 1 fully saturated rings. The summed E-state index contributed by atoms with van der Waals surface area (Å²) < 4.78 is 11.1. The van der Waals surface area contributed by atoms with Crippen LogP contribution in [0.2, 0.25) is 0 Å². The predicted octanol–water partition coefficient (Wildman–Crippen LogP) is 2.47. The van der Waals surface area contributed by atoms with Crippen molar-refractivity contribution in [1.29, 1.82) is 0 Å². The Balaban J connectivity index is 1.99. The van der Waals surface area contributed by atoms with Crippen LogP contribution in [0.1, 0.15) is 31.4 Å². The van der Waals surface area contributed by atoms with Crippen molar-refractivity contribution in [2.75, 3.05) is 6.61 Å². The SMILES string of the molecule is CC(=O)CC1OCCC(c2ccccc2)O1. The minimum Gasteiger partial charge on any atom is -0.352 e. The second kappa shape index (κ2) is 5.23. The van der Waals surface area contributed by atoms with Gasteiger partial charge in [-0.1, -0.05) is 30.3 Å². The summed E-state index contributed by atoms with van der Waals surface area (Å²) in [6, 6.07) is 10.1. The van der Waals surface area contributed by atoms with E-state index in [9.17, 15) is 4.79 Å². The highest BCUT2D eigenvalue weighted by Crippen LogP contribution is 2.28.